The fraction of sp³-hybridized carbons (Fsp3) is 0.618. The number of fused-ring (bicyclic) bond motifs is 2. The molecule has 2 spiro atoms. The van der Waals surface area contributed by atoms with Crippen molar-refractivity contribution in [1.29, 1.82) is 0 Å². The topological polar surface area (TPSA) is 66.5 Å². The van der Waals surface area contributed by atoms with Crippen molar-refractivity contribution in [2.24, 2.45) is 17.3 Å². The number of esters is 1. The summed E-state index contributed by atoms with van der Waals surface area (Å²) in [5.41, 5.74) is 4.20. The molecule has 5 aliphatic carbocycles. The second-order valence-corrected chi connectivity index (χ2v) is 13.4. The molecular weight excluding hydrogens is 518 g/mol. The lowest BCUT2D eigenvalue weighted by molar-refractivity contribution is -0.283. The van der Waals surface area contributed by atoms with Crippen molar-refractivity contribution in [3.05, 3.63) is 58.7 Å². The van der Waals surface area contributed by atoms with Crippen LogP contribution in [0.1, 0.15) is 65.6 Å². The first kappa shape index (κ1) is 26.1. The molecule has 6 atom stereocenters. The Balaban J connectivity index is 1.14. The van der Waals surface area contributed by atoms with E-state index in [2.05, 4.69) is 17.0 Å². The van der Waals surface area contributed by atoms with E-state index in [0.29, 0.717) is 24.8 Å². The van der Waals surface area contributed by atoms with Crippen molar-refractivity contribution in [2.45, 2.75) is 74.7 Å². The highest BCUT2D eigenvalue weighted by atomic mass is 16.6. The second-order valence-electron chi connectivity index (χ2n) is 13.4. The van der Waals surface area contributed by atoms with Crippen LogP contribution in [-0.2, 0) is 32.7 Å². The van der Waals surface area contributed by atoms with Crippen molar-refractivity contribution >= 4 is 5.97 Å². The maximum atomic E-state index is 11.8. The van der Waals surface area contributed by atoms with E-state index in [-0.39, 0.29) is 28.8 Å². The molecule has 7 aliphatic rings. The summed E-state index contributed by atoms with van der Waals surface area (Å²) in [6.45, 7) is 3.50. The molecule has 0 unspecified atom stereocenters. The third-order valence-electron chi connectivity index (χ3n) is 12.0. The molecule has 0 radical (unpaired) electrons. The van der Waals surface area contributed by atoms with E-state index in [9.17, 15) is 4.79 Å². The Morgan fingerprint density at radius 1 is 1.05 bits per heavy atom. The van der Waals surface area contributed by atoms with E-state index in [1.807, 2.05) is 19.2 Å². The van der Waals surface area contributed by atoms with Gasteiger partial charge in [0.15, 0.2) is 11.5 Å². The Labute approximate surface area is 242 Å². The van der Waals surface area contributed by atoms with Crippen LogP contribution in [0.3, 0.4) is 0 Å². The van der Waals surface area contributed by atoms with Gasteiger partial charge in [-0.25, -0.2) is 4.79 Å². The van der Waals surface area contributed by atoms with E-state index < -0.39 is 5.60 Å². The van der Waals surface area contributed by atoms with Gasteiger partial charge in [-0.05, 0) is 86.7 Å². The molecular formula is C34H41NO6. The van der Waals surface area contributed by atoms with Crippen LogP contribution in [0.5, 0.6) is 11.5 Å². The molecule has 1 saturated heterocycles. The van der Waals surface area contributed by atoms with Gasteiger partial charge >= 0.3 is 5.97 Å². The van der Waals surface area contributed by atoms with Gasteiger partial charge in [0.1, 0.15) is 11.7 Å². The number of carbonyl (C=O) groups excluding carboxylic acids is 1. The number of hydrogen-bond acceptors (Lipinski definition) is 7. The Bertz CT molecular complexity index is 1370. The third-order valence-corrected chi connectivity index (χ3v) is 12.0. The molecule has 0 aromatic heterocycles. The molecule has 2 aromatic carbocycles. The van der Waals surface area contributed by atoms with Gasteiger partial charge < -0.3 is 23.7 Å². The smallest absolute Gasteiger partial charge is 0.337 e. The molecule has 2 aliphatic heterocycles. The van der Waals surface area contributed by atoms with E-state index in [1.165, 1.54) is 44.0 Å². The predicted octanol–water partition coefficient (Wildman–Crippen LogP) is 4.92. The second kappa shape index (κ2) is 9.19. The van der Waals surface area contributed by atoms with E-state index in [0.717, 1.165) is 55.2 Å². The fourth-order valence-corrected chi connectivity index (χ4v) is 10.1. The number of carbonyl (C=O) groups is 1. The van der Waals surface area contributed by atoms with Gasteiger partial charge in [-0.3, -0.25) is 4.90 Å². The van der Waals surface area contributed by atoms with Crippen molar-refractivity contribution < 1.29 is 28.5 Å². The predicted molar refractivity (Wildman–Crippen MR) is 152 cm³/mol. The number of piperidine rings is 1. The first-order chi connectivity index (χ1) is 20.0. The summed E-state index contributed by atoms with van der Waals surface area (Å²) >= 11 is 0. The fourth-order valence-electron chi connectivity index (χ4n) is 10.1. The molecule has 2 aromatic rings. The molecule has 218 valence electrons. The molecule has 0 amide bonds. The summed E-state index contributed by atoms with van der Waals surface area (Å²) < 4.78 is 31.0. The lowest BCUT2D eigenvalue weighted by Crippen LogP contribution is -2.81. The average molecular weight is 560 g/mol. The summed E-state index contributed by atoms with van der Waals surface area (Å²) in [7, 11) is 5.05. The van der Waals surface area contributed by atoms with Gasteiger partial charge in [0.2, 0.25) is 0 Å². The monoisotopic (exact) mass is 559 g/mol. The quantitative estimate of drug-likeness (QED) is 0.404. The van der Waals surface area contributed by atoms with Crippen LogP contribution in [0.4, 0.5) is 0 Å². The van der Waals surface area contributed by atoms with Crippen molar-refractivity contribution in [1.82, 2.24) is 4.90 Å². The standard InChI is InChI=1S/C34H41NO6/c1-37-26-11-10-24-16-27-32-12-13-34(39-3,25(17-32)20-40-19-22-6-8-23(9-7-22)30(36)38-2)31-33(32,28(24)29(26)41-31)14-15-35(27)18-21-4-5-21/h6-11,21,25,27,31H,4-5,12-20H2,1-3H3/t25-,27-,31-,32-,33+,34-/m1/s1. The number of benzene rings is 2. The lowest BCUT2D eigenvalue weighted by atomic mass is 9.35. The Hall–Kier alpha value is -2.61. The van der Waals surface area contributed by atoms with Crippen LogP contribution >= 0.6 is 0 Å². The zero-order chi connectivity index (χ0) is 28.0. The summed E-state index contributed by atoms with van der Waals surface area (Å²) in [5.74, 6) is 2.62. The Morgan fingerprint density at radius 3 is 2.61 bits per heavy atom. The Kier molecular flexibility index (Phi) is 5.84. The highest BCUT2D eigenvalue weighted by molar-refractivity contribution is 5.89. The van der Waals surface area contributed by atoms with Crippen LogP contribution < -0.4 is 9.47 Å². The minimum absolute atomic E-state index is 0.0358. The van der Waals surface area contributed by atoms with Crippen molar-refractivity contribution in [3.8, 4) is 11.5 Å². The first-order valence-electron chi connectivity index (χ1n) is 15.4. The minimum atomic E-state index is -0.404. The van der Waals surface area contributed by atoms with Gasteiger partial charge in [0, 0.05) is 42.0 Å². The number of ether oxygens (including phenoxy) is 5. The van der Waals surface area contributed by atoms with Crippen LogP contribution in [0.2, 0.25) is 0 Å². The number of rotatable bonds is 9. The van der Waals surface area contributed by atoms with Gasteiger partial charge in [-0.1, -0.05) is 18.2 Å². The molecule has 4 saturated carbocycles. The molecule has 7 nitrogen and oxygen atoms in total. The molecule has 9 rings (SSSR count). The van der Waals surface area contributed by atoms with Crippen LogP contribution in [0.25, 0.3) is 0 Å². The summed E-state index contributed by atoms with van der Waals surface area (Å²) in [4.78, 5) is 14.7. The maximum Gasteiger partial charge on any atom is 0.337 e. The van der Waals surface area contributed by atoms with E-state index in [4.69, 9.17) is 23.7 Å². The number of nitrogens with zero attached hydrogens (tertiary/aromatic N) is 1. The maximum absolute atomic E-state index is 11.8. The van der Waals surface area contributed by atoms with E-state index >= 15 is 0 Å². The lowest BCUT2D eigenvalue weighted by Gasteiger charge is -2.74. The Morgan fingerprint density at radius 2 is 1.88 bits per heavy atom. The largest absolute Gasteiger partial charge is 0.493 e. The highest BCUT2D eigenvalue weighted by Crippen LogP contribution is 2.76. The highest BCUT2D eigenvalue weighted by Gasteiger charge is 2.80. The summed E-state index contributed by atoms with van der Waals surface area (Å²) in [6.07, 6.45) is 8.22. The first-order valence-corrected chi connectivity index (χ1v) is 15.4. The van der Waals surface area contributed by atoms with Crippen LogP contribution in [-0.4, -0.2) is 69.6 Å². The number of hydrogen-bond donors (Lipinski definition) is 0. The summed E-state index contributed by atoms with van der Waals surface area (Å²) in [5, 5.41) is 0. The van der Waals surface area contributed by atoms with Gasteiger partial charge in [-0.2, -0.15) is 0 Å². The normalized spacial score (nSPS) is 36.0. The third kappa shape index (κ3) is 3.40. The van der Waals surface area contributed by atoms with Gasteiger partial charge in [-0.15, -0.1) is 0 Å². The SMILES string of the molecule is COC(=O)c1ccc(COC[C@H]2C[C@@]34CC[C@]2(OC)[C@@H]2Oc5c(OC)ccc6c5[C@@]23CCN(CC2CC2)[C@@H]4C6)cc1. The molecule has 5 fully saturated rings. The molecule has 7 heteroatoms. The van der Waals surface area contributed by atoms with Crippen LogP contribution in [0.15, 0.2) is 36.4 Å². The average Bonchev–Trinajstić information content (AvgIpc) is 3.75. The van der Waals surface area contributed by atoms with Crippen molar-refractivity contribution in [3.63, 3.8) is 0 Å². The van der Waals surface area contributed by atoms with Crippen molar-refractivity contribution in [2.75, 3.05) is 41.0 Å². The number of likely N-dealkylation sites (tertiary alicyclic amines) is 1. The minimum Gasteiger partial charge on any atom is -0.493 e. The molecule has 41 heavy (non-hydrogen) atoms. The van der Waals surface area contributed by atoms with Gasteiger partial charge in [0.05, 0.1) is 33.0 Å². The zero-order valence-electron chi connectivity index (χ0n) is 24.4. The molecule has 2 heterocycles. The summed E-state index contributed by atoms with van der Waals surface area (Å²) in [6, 6.07) is 12.5. The van der Waals surface area contributed by atoms with Crippen LogP contribution in [0, 0.1) is 17.3 Å². The zero-order valence-corrected chi connectivity index (χ0v) is 24.4. The molecule has 0 N–H and O–H groups in total. The van der Waals surface area contributed by atoms with E-state index in [1.54, 1.807) is 19.2 Å². The molecule has 4 bridgehead atoms. The number of methoxy groups -OCH3 is 3. The van der Waals surface area contributed by atoms with Gasteiger partial charge in [0.25, 0.3) is 0 Å².